The zero-order chi connectivity index (χ0) is 14.9. The fourth-order valence-corrected chi connectivity index (χ4v) is 4.51. The van der Waals surface area contributed by atoms with Gasteiger partial charge in [-0.1, -0.05) is 6.07 Å². The summed E-state index contributed by atoms with van der Waals surface area (Å²) in [6.07, 6.45) is 0. The molecule has 108 valence electrons. The summed E-state index contributed by atoms with van der Waals surface area (Å²) in [5.41, 5.74) is 3.35. The van der Waals surface area contributed by atoms with Gasteiger partial charge >= 0.3 is 0 Å². The van der Waals surface area contributed by atoms with Gasteiger partial charge in [0.25, 0.3) is 10.0 Å². The van der Waals surface area contributed by atoms with E-state index in [1.165, 1.54) is 0 Å². The molecule has 0 bridgehead atoms. The minimum atomic E-state index is -3.60. The van der Waals surface area contributed by atoms with Gasteiger partial charge in [-0.05, 0) is 55.7 Å². The number of aryl methyl sites for hydroxylation is 3. The summed E-state index contributed by atoms with van der Waals surface area (Å²) in [5.74, 6) is 0. The molecule has 2 rings (SSSR count). The van der Waals surface area contributed by atoms with E-state index in [2.05, 4.69) is 4.72 Å². The lowest BCUT2D eigenvalue weighted by Gasteiger charge is -2.08. The molecule has 1 aromatic carbocycles. The van der Waals surface area contributed by atoms with E-state index in [1.807, 2.05) is 19.9 Å². The second kappa shape index (κ2) is 5.55. The van der Waals surface area contributed by atoms with Gasteiger partial charge in [-0.2, -0.15) is 0 Å². The molecule has 0 unspecified atom stereocenters. The van der Waals surface area contributed by atoms with Gasteiger partial charge in [0.2, 0.25) is 0 Å². The molecule has 0 amide bonds. The Morgan fingerprint density at radius 1 is 1.10 bits per heavy atom. The lowest BCUT2D eigenvalue weighted by Crippen LogP contribution is -2.11. The second-order valence-electron chi connectivity index (χ2n) is 4.81. The van der Waals surface area contributed by atoms with E-state index in [0.29, 0.717) is 10.6 Å². The largest absolute Gasteiger partial charge is 0.391 e. The van der Waals surface area contributed by atoms with Crippen molar-refractivity contribution in [2.45, 2.75) is 31.6 Å². The van der Waals surface area contributed by atoms with Gasteiger partial charge in [0.15, 0.2) is 0 Å². The summed E-state index contributed by atoms with van der Waals surface area (Å²) in [5, 5.41) is 9.16. The van der Waals surface area contributed by atoms with Crippen LogP contribution < -0.4 is 4.72 Å². The summed E-state index contributed by atoms with van der Waals surface area (Å²) < 4.78 is 27.4. The summed E-state index contributed by atoms with van der Waals surface area (Å²) >= 11 is 1.09. The Bertz CT molecular complexity index is 713. The molecule has 0 saturated carbocycles. The predicted molar refractivity (Wildman–Crippen MR) is 81.7 cm³/mol. The van der Waals surface area contributed by atoms with Crippen LogP contribution in [0.3, 0.4) is 0 Å². The van der Waals surface area contributed by atoms with E-state index in [-0.39, 0.29) is 10.8 Å². The third kappa shape index (κ3) is 3.20. The Morgan fingerprint density at radius 3 is 2.20 bits per heavy atom. The van der Waals surface area contributed by atoms with Crippen LogP contribution in [0, 0.1) is 20.8 Å². The molecule has 0 aliphatic rings. The summed E-state index contributed by atoms with van der Waals surface area (Å²) in [7, 11) is -3.60. The molecular formula is C14H17NO3S2. The molecule has 0 saturated heterocycles. The molecule has 0 radical (unpaired) electrons. The zero-order valence-corrected chi connectivity index (χ0v) is 13.2. The van der Waals surface area contributed by atoms with E-state index in [9.17, 15) is 8.42 Å². The number of nitrogens with one attached hydrogen (secondary N) is 1. The lowest BCUT2D eigenvalue weighted by atomic mass is 10.1. The summed E-state index contributed by atoms with van der Waals surface area (Å²) in [6.45, 7) is 5.49. The predicted octanol–water partition coefficient (Wildman–Crippen LogP) is 2.97. The summed E-state index contributed by atoms with van der Waals surface area (Å²) in [4.78, 5) is 0.672. The molecule has 4 nitrogen and oxygen atoms in total. The first-order valence-electron chi connectivity index (χ1n) is 6.13. The van der Waals surface area contributed by atoms with Gasteiger partial charge < -0.3 is 5.11 Å². The Hall–Kier alpha value is -1.37. The van der Waals surface area contributed by atoms with Gasteiger partial charge in [0.05, 0.1) is 6.61 Å². The van der Waals surface area contributed by atoms with Crippen LogP contribution in [0.2, 0.25) is 0 Å². The Morgan fingerprint density at radius 2 is 1.70 bits per heavy atom. The summed E-state index contributed by atoms with van der Waals surface area (Å²) in [6, 6.07) is 7.15. The number of benzene rings is 1. The number of aliphatic hydroxyl groups excluding tert-OH is 1. The van der Waals surface area contributed by atoms with Gasteiger partial charge in [0.1, 0.15) is 4.21 Å². The molecule has 1 aromatic heterocycles. The number of hydrogen-bond acceptors (Lipinski definition) is 4. The molecule has 20 heavy (non-hydrogen) atoms. The van der Waals surface area contributed by atoms with Crippen molar-refractivity contribution in [1.82, 2.24) is 0 Å². The first kappa shape index (κ1) is 15.0. The topological polar surface area (TPSA) is 66.4 Å². The van der Waals surface area contributed by atoms with E-state index >= 15 is 0 Å². The normalized spacial score (nSPS) is 11.6. The molecule has 0 aliphatic heterocycles. The van der Waals surface area contributed by atoms with Gasteiger partial charge in [-0.3, -0.25) is 4.72 Å². The van der Waals surface area contributed by atoms with Crippen molar-refractivity contribution in [3.05, 3.63) is 45.8 Å². The molecular weight excluding hydrogens is 294 g/mol. The maximum atomic E-state index is 12.3. The molecule has 1 heterocycles. The highest BCUT2D eigenvalue weighted by Gasteiger charge is 2.19. The molecule has 0 atom stereocenters. The van der Waals surface area contributed by atoms with Crippen LogP contribution >= 0.6 is 11.3 Å². The maximum absolute atomic E-state index is 12.3. The van der Waals surface area contributed by atoms with Crippen LogP contribution in [0.25, 0.3) is 0 Å². The number of thiophene rings is 1. The molecule has 6 heteroatoms. The number of anilines is 1. The third-order valence-corrected chi connectivity index (χ3v) is 5.96. The van der Waals surface area contributed by atoms with Gasteiger partial charge in [0, 0.05) is 10.6 Å². The fourth-order valence-electron chi connectivity index (χ4n) is 2.02. The van der Waals surface area contributed by atoms with Crippen LogP contribution in [-0.2, 0) is 16.6 Å². The van der Waals surface area contributed by atoms with Gasteiger partial charge in [-0.25, -0.2) is 8.42 Å². The average molecular weight is 311 g/mol. The SMILES string of the molecule is Cc1cc(C)cc(NS(=O)(=O)c2cc(C)c(CO)s2)c1. The lowest BCUT2D eigenvalue weighted by molar-refractivity contribution is 0.285. The van der Waals surface area contributed by atoms with Crippen molar-refractivity contribution in [3.8, 4) is 0 Å². The monoisotopic (exact) mass is 311 g/mol. The minimum absolute atomic E-state index is 0.143. The van der Waals surface area contributed by atoms with Gasteiger partial charge in [-0.15, -0.1) is 11.3 Å². The average Bonchev–Trinajstić information content (AvgIpc) is 2.69. The van der Waals surface area contributed by atoms with Crippen LogP contribution in [0.1, 0.15) is 21.6 Å². The van der Waals surface area contributed by atoms with Crippen molar-refractivity contribution in [2.24, 2.45) is 0 Å². The van der Waals surface area contributed by atoms with Crippen LogP contribution in [0.5, 0.6) is 0 Å². The Kier molecular flexibility index (Phi) is 4.17. The highest BCUT2D eigenvalue weighted by Crippen LogP contribution is 2.28. The van der Waals surface area contributed by atoms with Crippen LogP contribution in [-0.4, -0.2) is 13.5 Å². The molecule has 2 aromatic rings. The van der Waals surface area contributed by atoms with Crippen molar-refractivity contribution < 1.29 is 13.5 Å². The number of hydrogen-bond donors (Lipinski definition) is 2. The first-order valence-corrected chi connectivity index (χ1v) is 8.43. The molecule has 2 N–H and O–H groups in total. The highest BCUT2D eigenvalue weighted by molar-refractivity contribution is 7.94. The Labute approximate surface area is 123 Å². The molecule has 0 aliphatic carbocycles. The second-order valence-corrected chi connectivity index (χ2v) is 7.86. The fraction of sp³-hybridized carbons (Fsp3) is 0.286. The first-order chi connectivity index (χ1) is 9.31. The smallest absolute Gasteiger partial charge is 0.271 e. The maximum Gasteiger partial charge on any atom is 0.271 e. The highest BCUT2D eigenvalue weighted by atomic mass is 32.2. The zero-order valence-electron chi connectivity index (χ0n) is 11.6. The molecule has 0 fully saturated rings. The van der Waals surface area contributed by atoms with Crippen molar-refractivity contribution in [1.29, 1.82) is 0 Å². The van der Waals surface area contributed by atoms with Crippen LogP contribution in [0.4, 0.5) is 5.69 Å². The number of sulfonamides is 1. The van der Waals surface area contributed by atoms with Crippen LogP contribution in [0.15, 0.2) is 28.5 Å². The van der Waals surface area contributed by atoms with E-state index in [4.69, 9.17) is 5.11 Å². The van der Waals surface area contributed by atoms with E-state index in [1.54, 1.807) is 25.1 Å². The van der Waals surface area contributed by atoms with Crippen molar-refractivity contribution in [2.75, 3.05) is 4.72 Å². The van der Waals surface area contributed by atoms with E-state index < -0.39 is 10.0 Å². The minimum Gasteiger partial charge on any atom is -0.391 e. The number of aliphatic hydroxyl groups is 1. The van der Waals surface area contributed by atoms with Crippen molar-refractivity contribution >= 4 is 27.0 Å². The number of rotatable bonds is 4. The Balaban J connectivity index is 2.35. The standard InChI is InChI=1S/C14H17NO3S2/c1-9-4-10(2)6-12(5-9)15-20(17,18)14-7-11(3)13(8-16)19-14/h4-7,15-16H,8H2,1-3H3. The molecule has 0 spiro atoms. The van der Waals surface area contributed by atoms with E-state index in [0.717, 1.165) is 28.0 Å². The quantitative estimate of drug-likeness (QED) is 0.912. The van der Waals surface area contributed by atoms with Crippen molar-refractivity contribution in [3.63, 3.8) is 0 Å². The third-order valence-electron chi connectivity index (χ3n) is 2.88.